The van der Waals surface area contributed by atoms with Crippen LogP contribution in [-0.4, -0.2) is 45.1 Å². The van der Waals surface area contributed by atoms with Gasteiger partial charge in [-0.1, -0.05) is 0 Å². The van der Waals surface area contributed by atoms with E-state index in [0.717, 1.165) is 36.8 Å². The number of amides is 1. The number of carbonyl (C=O) groups excluding carboxylic acids is 1. The minimum Gasteiger partial charge on any atom is -0.377 e. The average molecular weight is 302 g/mol. The highest BCUT2D eigenvalue weighted by Gasteiger charge is 2.32. The van der Waals surface area contributed by atoms with Crippen molar-refractivity contribution >= 4 is 5.91 Å². The lowest BCUT2D eigenvalue weighted by Crippen LogP contribution is -2.51. The largest absolute Gasteiger partial charge is 0.377 e. The predicted octanol–water partition coefficient (Wildman–Crippen LogP) is 1.45. The Morgan fingerprint density at radius 1 is 1.45 bits per heavy atom. The third-order valence-electron chi connectivity index (χ3n) is 4.26. The first-order valence-corrected chi connectivity index (χ1v) is 7.50. The zero-order chi connectivity index (χ0) is 15.7. The average Bonchev–Trinajstić information content (AvgIpc) is 3.01. The van der Waals surface area contributed by atoms with Gasteiger partial charge in [0.05, 0.1) is 0 Å². The van der Waals surface area contributed by atoms with E-state index >= 15 is 0 Å². The van der Waals surface area contributed by atoms with Gasteiger partial charge in [-0.15, -0.1) is 0 Å². The summed E-state index contributed by atoms with van der Waals surface area (Å²) in [6, 6.07) is 3.77. The van der Waals surface area contributed by atoms with Gasteiger partial charge in [0.15, 0.2) is 0 Å². The molecule has 0 atom stereocenters. The van der Waals surface area contributed by atoms with Crippen LogP contribution < -0.4 is 0 Å². The molecule has 6 nitrogen and oxygen atoms in total. The van der Waals surface area contributed by atoms with Crippen LogP contribution in [0.4, 0.5) is 0 Å². The number of ether oxygens (including phenoxy) is 1. The second kappa shape index (κ2) is 5.96. The number of hydrogen-bond acceptors (Lipinski definition) is 3. The molecule has 0 spiro atoms. The van der Waals surface area contributed by atoms with Crippen molar-refractivity contribution in [3.8, 4) is 0 Å². The summed E-state index contributed by atoms with van der Waals surface area (Å²) in [6.07, 6.45) is 3.77. The number of aromatic nitrogens is 3. The molecule has 1 aliphatic rings. The number of likely N-dealkylation sites (tertiary alicyclic amines) is 1. The standard InChI is InChI=1S/C16H22N4O2/c1-12-7-17-15(11-22-3)20(12)10-13-8-19(9-13)16(21)14-5-4-6-18(14)2/h4-7,13H,8-11H2,1-3H3. The topological polar surface area (TPSA) is 52.3 Å². The number of imidazole rings is 1. The molecule has 3 rings (SSSR count). The quantitative estimate of drug-likeness (QED) is 0.840. The van der Waals surface area contributed by atoms with Crippen molar-refractivity contribution in [3.05, 3.63) is 41.7 Å². The summed E-state index contributed by atoms with van der Waals surface area (Å²) in [7, 11) is 3.58. The van der Waals surface area contributed by atoms with E-state index in [0.29, 0.717) is 12.5 Å². The van der Waals surface area contributed by atoms with Crippen LogP contribution >= 0.6 is 0 Å². The van der Waals surface area contributed by atoms with Crippen molar-refractivity contribution in [1.29, 1.82) is 0 Å². The first-order valence-electron chi connectivity index (χ1n) is 7.50. The molecule has 22 heavy (non-hydrogen) atoms. The summed E-state index contributed by atoms with van der Waals surface area (Å²) in [5, 5.41) is 0. The Balaban J connectivity index is 1.59. The fraction of sp³-hybridized carbons (Fsp3) is 0.500. The molecule has 0 unspecified atom stereocenters. The smallest absolute Gasteiger partial charge is 0.270 e. The molecule has 0 saturated carbocycles. The molecule has 2 aromatic rings. The van der Waals surface area contributed by atoms with E-state index in [1.165, 1.54) is 0 Å². The van der Waals surface area contributed by atoms with Gasteiger partial charge in [-0.25, -0.2) is 4.98 Å². The fourth-order valence-corrected chi connectivity index (χ4v) is 2.96. The summed E-state index contributed by atoms with van der Waals surface area (Å²) in [5.41, 5.74) is 1.89. The molecule has 0 bridgehead atoms. The third kappa shape index (κ3) is 2.66. The van der Waals surface area contributed by atoms with E-state index < -0.39 is 0 Å². The second-order valence-corrected chi connectivity index (χ2v) is 5.94. The molecule has 1 saturated heterocycles. The lowest BCUT2D eigenvalue weighted by molar-refractivity contribution is 0.0452. The monoisotopic (exact) mass is 302 g/mol. The highest BCUT2D eigenvalue weighted by molar-refractivity contribution is 5.93. The van der Waals surface area contributed by atoms with Crippen molar-refractivity contribution < 1.29 is 9.53 Å². The summed E-state index contributed by atoms with van der Waals surface area (Å²) < 4.78 is 9.25. The van der Waals surface area contributed by atoms with E-state index in [1.54, 1.807) is 7.11 Å². The highest BCUT2D eigenvalue weighted by atomic mass is 16.5. The van der Waals surface area contributed by atoms with Crippen molar-refractivity contribution in [3.63, 3.8) is 0 Å². The van der Waals surface area contributed by atoms with E-state index in [4.69, 9.17) is 4.74 Å². The van der Waals surface area contributed by atoms with Gasteiger partial charge in [0.25, 0.3) is 5.91 Å². The number of rotatable bonds is 5. The van der Waals surface area contributed by atoms with Crippen LogP contribution in [0.2, 0.25) is 0 Å². The van der Waals surface area contributed by atoms with Crippen molar-refractivity contribution in [1.82, 2.24) is 19.0 Å². The van der Waals surface area contributed by atoms with Crippen LogP contribution in [0, 0.1) is 12.8 Å². The maximum atomic E-state index is 12.4. The molecule has 6 heteroatoms. The zero-order valence-electron chi connectivity index (χ0n) is 13.3. The first kappa shape index (κ1) is 14.8. The van der Waals surface area contributed by atoms with Gasteiger partial charge in [-0.3, -0.25) is 4.79 Å². The van der Waals surface area contributed by atoms with Crippen molar-refractivity contribution in [2.75, 3.05) is 20.2 Å². The molecule has 0 aromatic carbocycles. The first-order chi connectivity index (χ1) is 10.6. The molecular formula is C16H22N4O2. The summed E-state index contributed by atoms with van der Waals surface area (Å²) in [6.45, 7) is 5.06. The fourth-order valence-electron chi connectivity index (χ4n) is 2.96. The van der Waals surface area contributed by atoms with E-state index in [1.807, 2.05) is 41.0 Å². The van der Waals surface area contributed by atoms with Crippen LogP contribution in [-0.2, 0) is 24.9 Å². The van der Waals surface area contributed by atoms with Gasteiger partial charge in [0.2, 0.25) is 0 Å². The molecule has 1 amide bonds. The van der Waals surface area contributed by atoms with Crippen LogP contribution in [0.25, 0.3) is 0 Å². The van der Waals surface area contributed by atoms with Crippen LogP contribution in [0.15, 0.2) is 24.5 Å². The van der Waals surface area contributed by atoms with Crippen LogP contribution in [0.3, 0.4) is 0 Å². The minimum absolute atomic E-state index is 0.114. The molecule has 0 radical (unpaired) electrons. The maximum Gasteiger partial charge on any atom is 0.270 e. The van der Waals surface area contributed by atoms with Gasteiger partial charge in [-0.2, -0.15) is 0 Å². The molecule has 3 heterocycles. The number of nitrogens with zero attached hydrogens (tertiary/aromatic N) is 4. The maximum absolute atomic E-state index is 12.4. The highest BCUT2D eigenvalue weighted by Crippen LogP contribution is 2.22. The Hall–Kier alpha value is -2.08. The third-order valence-corrected chi connectivity index (χ3v) is 4.26. The Kier molecular flexibility index (Phi) is 4.02. The number of methoxy groups -OCH3 is 1. The normalized spacial score (nSPS) is 15.1. The Morgan fingerprint density at radius 3 is 2.86 bits per heavy atom. The Bertz CT molecular complexity index is 667. The molecular weight excluding hydrogens is 280 g/mol. The van der Waals surface area contributed by atoms with Crippen LogP contribution in [0.1, 0.15) is 22.0 Å². The summed E-state index contributed by atoms with van der Waals surface area (Å²) >= 11 is 0. The molecule has 1 fully saturated rings. The molecule has 0 aliphatic carbocycles. The number of hydrogen-bond donors (Lipinski definition) is 0. The number of carbonyl (C=O) groups is 1. The van der Waals surface area contributed by atoms with Crippen molar-refractivity contribution in [2.45, 2.75) is 20.1 Å². The zero-order valence-corrected chi connectivity index (χ0v) is 13.3. The van der Waals surface area contributed by atoms with E-state index in [9.17, 15) is 4.79 Å². The second-order valence-electron chi connectivity index (χ2n) is 5.94. The van der Waals surface area contributed by atoms with Gasteiger partial charge >= 0.3 is 0 Å². The Labute approximate surface area is 130 Å². The summed E-state index contributed by atoms with van der Waals surface area (Å²) in [4.78, 5) is 18.6. The summed E-state index contributed by atoms with van der Waals surface area (Å²) in [5.74, 6) is 1.54. The van der Waals surface area contributed by atoms with Gasteiger partial charge in [0.1, 0.15) is 18.1 Å². The van der Waals surface area contributed by atoms with Crippen LogP contribution in [0.5, 0.6) is 0 Å². The molecule has 0 N–H and O–H groups in total. The predicted molar refractivity (Wildman–Crippen MR) is 82.5 cm³/mol. The minimum atomic E-state index is 0.114. The lowest BCUT2D eigenvalue weighted by Gasteiger charge is -2.39. The van der Waals surface area contributed by atoms with Gasteiger partial charge in [-0.05, 0) is 19.1 Å². The van der Waals surface area contributed by atoms with E-state index in [2.05, 4.69) is 16.5 Å². The van der Waals surface area contributed by atoms with Gasteiger partial charge < -0.3 is 18.8 Å². The Morgan fingerprint density at radius 2 is 2.23 bits per heavy atom. The van der Waals surface area contributed by atoms with Gasteiger partial charge in [0, 0.05) is 57.8 Å². The van der Waals surface area contributed by atoms with E-state index in [-0.39, 0.29) is 5.91 Å². The molecule has 118 valence electrons. The SMILES string of the molecule is COCc1ncc(C)n1CC1CN(C(=O)c2cccn2C)C1. The molecule has 1 aliphatic heterocycles. The molecule has 2 aromatic heterocycles. The lowest BCUT2D eigenvalue weighted by atomic mass is 9.99. The number of aryl methyl sites for hydroxylation is 2. The van der Waals surface area contributed by atoms with Crippen molar-refractivity contribution in [2.24, 2.45) is 13.0 Å².